The predicted molar refractivity (Wildman–Crippen MR) is 106 cm³/mol. The number of nitrogens with one attached hydrogen (secondary N) is 1. The number of halogens is 2. The van der Waals surface area contributed by atoms with Crippen LogP contribution in [-0.2, 0) is 4.79 Å². The third-order valence-corrected chi connectivity index (χ3v) is 4.85. The van der Waals surface area contributed by atoms with Gasteiger partial charge in [-0.2, -0.15) is 0 Å². The van der Waals surface area contributed by atoms with Crippen molar-refractivity contribution in [3.63, 3.8) is 0 Å². The second-order valence-electron chi connectivity index (χ2n) is 6.13. The Kier molecular flexibility index (Phi) is 9.30. The number of carbonyl (C=O) groups is 2. The number of amides is 2. The first-order chi connectivity index (χ1) is 11.9. The van der Waals surface area contributed by atoms with E-state index < -0.39 is 0 Å². The molecule has 0 spiro atoms. The van der Waals surface area contributed by atoms with Crippen molar-refractivity contribution >= 4 is 40.7 Å². The van der Waals surface area contributed by atoms with Crippen LogP contribution in [0, 0.1) is 5.92 Å². The minimum absolute atomic E-state index is 0.161. The number of carbonyl (C=O) groups excluding carboxylic acids is 2. The van der Waals surface area contributed by atoms with Crippen molar-refractivity contribution in [2.75, 3.05) is 18.4 Å². The van der Waals surface area contributed by atoms with Crippen molar-refractivity contribution in [1.29, 1.82) is 0 Å². The summed E-state index contributed by atoms with van der Waals surface area (Å²) in [5.41, 5.74) is 0.687. The zero-order valence-corrected chi connectivity index (χ0v) is 17.0. The number of anilines is 1. The van der Waals surface area contributed by atoms with Crippen LogP contribution in [0.5, 0.6) is 0 Å². The zero-order valence-electron chi connectivity index (χ0n) is 15.5. The van der Waals surface area contributed by atoms with E-state index in [0.29, 0.717) is 41.7 Å². The van der Waals surface area contributed by atoms with Crippen LogP contribution < -0.4 is 5.32 Å². The van der Waals surface area contributed by atoms with Crippen molar-refractivity contribution in [2.24, 2.45) is 5.92 Å². The first kappa shape index (κ1) is 21.8. The molecule has 0 heterocycles. The topological polar surface area (TPSA) is 49.4 Å². The molecule has 0 aliphatic rings. The fourth-order valence-corrected chi connectivity index (χ4v) is 3.22. The molecule has 0 radical (unpaired) electrons. The summed E-state index contributed by atoms with van der Waals surface area (Å²) >= 11 is 12.4. The van der Waals surface area contributed by atoms with Crippen molar-refractivity contribution in [2.45, 2.75) is 53.4 Å². The van der Waals surface area contributed by atoms with Crippen LogP contribution in [0.15, 0.2) is 12.1 Å². The lowest BCUT2D eigenvalue weighted by molar-refractivity contribution is -0.116. The van der Waals surface area contributed by atoms with Gasteiger partial charge in [0.25, 0.3) is 5.91 Å². The number of nitrogens with zero attached hydrogens (tertiary/aromatic N) is 1. The molecule has 1 rings (SSSR count). The van der Waals surface area contributed by atoms with Gasteiger partial charge in [-0.3, -0.25) is 9.59 Å². The van der Waals surface area contributed by atoms with Gasteiger partial charge in [0.1, 0.15) is 0 Å². The highest BCUT2D eigenvalue weighted by Gasteiger charge is 2.23. The fourth-order valence-electron chi connectivity index (χ4n) is 2.68. The van der Waals surface area contributed by atoms with Crippen molar-refractivity contribution in [3.05, 3.63) is 27.7 Å². The molecule has 0 saturated carbocycles. The highest BCUT2D eigenvalue weighted by molar-refractivity contribution is 6.38. The molecule has 1 N–H and O–H groups in total. The Morgan fingerprint density at radius 3 is 2.28 bits per heavy atom. The van der Waals surface area contributed by atoms with Crippen LogP contribution in [0.1, 0.15) is 63.7 Å². The Labute approximate surface area is 160 Å². The minimum Gasteiger partial charge on any atom is -0.339 e. The quantitative estimate of drug-likeness (QED) is 0.597. The molecule has 0 saturated heterocycles. The van der Waals surface area contributed by atoms with E-state index in [1.54, 1.807) is 17.0 Å². The molecule has 1 aromatic carbocycles. The average molecular weight is 387 g/mol. The molecule has 0 aliphatic heterocycles. The third-order valence-electron chi connectivity index (χ3n) is 4.33. The third kappa shape index (κ3) is 6.19. The lowest BCUT2D eigenvalue weighted by Gasteiger charge is -2.26. The summed E-state index contributed by atoms with van der Waals surface area (Å²) in [5, 5.41) is 3.42. The second kappa shape index (κ2) is 10.7. The van der Waals surface area contributed by atoms with Crippen LogP contribution in [0.4, 0.5) is 5.69 Å². The van der Waals surface area contributed by atoms with Gasteiger partial charge in [0.2, 0.25) is 5.91 Å². The number of rotatable bonds is 9. The SMILES string of the molecule is CCCC(=O)Nc1c(Cl)cc(Cl)cc1C(=O)N(CC)CC(CC)CC. The summed E-state index contributed by atoms with van der Waals surface area (Å²) in [6, 6.07) is 3.12. The van der Waals surface area contributed by atoms with E-state index in [0.717, 1.165) is 19.3 Å². The average Bonchev–Trinajstić information content (AvgIpc) is 2.58. The molecular formula is C19H28Cl2N2O2. The number of hydrogen-bond acceptors (Lipinski definition) is 2. The lowest BCUT2D eigenvalue weighted by Crippen LogP contribution is -2.35. The Balaban J connectivity index is 3.19. The van der Waals surface area contributed by atoms with Crippen LogP contribution in [0.3, 0.4) is 0 Å². The molecule has 0 aromatic heterocycles. The van der Waals surface area contributed by atoms with E-state index >= 15 is 0 Å². The van der Waals surface area contributed by atoms with Crippen LogP contribution >= 0.6 is 23.2 Å². The summed E-state index contributed by atoms with van der Waals surface area (Å²) < 4.78 is 0. The van der Waals surface area contributed by atoms with Crippen molar-refractivity contribution in [3.8, 4) is 0 Å². The predicted octanol–water partition coefficient (Wildman–Crippen LogP) is 5.63. The van der Waals surface area contributed by atoms with Crippen molar-refractivity contribution < 1.29 is 9.59 Å². The molecule has 0 fully saturated rings. The number of benzene rings is 1. The first-order valence-electron chi connectivity index (χ1n) is 8.95. The smallest absolute Gasteiger partial charge is 0.256 e. The number of hydrogen-bond donors (Lipinski definition) is 1. The van der Waals surface area contributed by atoms with Gasteiger partial charge in [-0.1, -0.05) is 56.8 Å². The summed E-state index contributed by atoms with van der Waals surface area (Å²) in [6.07, 6.45) is 3.11. The van der Waals surface area contributed by atoms with Gasteiger partial charge in [0, 0.05) is 24.5 Å². The maximum atomic E-state index is 13.1. The van der Waals surface area contributed by atoms with Crippen LogP contribution in [0.25, 0.3) is 0 Å². The Hall–Kier alpha value is -1.26. The maximum Gasteiger partial charge on any atom is 0.256 e. The molecule has 2 amide bonds. The van der Waals surface area contributed by atoms with Gasteiger partial charge in [0.15, 0.2) is 0 Å². The van der Waals surface area contributed by atoms with Crippen LogP contribution in [0.2, 0.25) is 10.0 Å². The van der Waals surface area contributed by atoms with Crippen molar-refractivity contribution in [1.82, 2.24) is 4.90 Å². The normalized spacial score (nSPS) is 10.8. The second-order valence-corrected chi connectivity index (χ2v) is 6.98. The summed E-state index contributed by atoms with van der Waals surface area (Å²) in [4.78, 5) is 26.9. The standard InChI is InChI=1S/C19H28Cl2N2O2/c1-5-9-17(24)22-18-15(10-14(20)11-16(18)21)19(25)23(8-4)12-13(6-2)7-3/h10-11,13H,5-9,12H2,1-4H3,(H,22,24). The molecule has 4 nitrogen and oxygen atoms in total. The largest absolute Gasteiger partial charge is 0.339 e. The summed E-state index contributed by atoms with van der Waals surface area (Å²) in [5.74, 6) is 0.117. The maximum absolute atomic E-state index is 13.1. The highest BCUT2D eigenvalue weighted by atomic mass is 35.5. The summed E-state index contributed by atoms with van der Waals surface area (Å²) in [6.45, 7) is 9.38. The van der Waals surface area contributed by atoms with Gasteiger partial charge < -0.3 is 10.2 Å². The lowest BCUT2D eigenvalue weighted by atomic mass is 10.0. The molecule has 0 unspecified atom stereocenters. The molecular weight excluding hydrogens is 359 g/mol. The Morgan fingerprint density at radius 1 is 1.12 bits per heavy atom. The van der Waals surface area contributed by atoms with Crippen LogP contribution in [-0.4, -0.2) is 29.8 Å². The molecule has 140 valence electrons. The molecule has 0 bridgehead atoms. The van der Waals surface area contributed by atoms with Gasteiger partial charge in [-0.15, -0.1) is 0 Å². The van der Waals surface area contributed by atoms with E-state index in [9.17, 15) is 9.59 Å². The van der Waals surface area contributed by atoms with Gasteiger partial charge in [-0.25, -0.2) is 0 Å². The molecule has 0 aliphatic carbocycles. The molecule has 1 aromatic rings. The zero-order chi connectivity index (χ0) is 19.0. The van der Waals surface area contributed by atoms with E-state index in [1.165, 1.54) is 0 Å². The fraction of sp³-hybridized carbons (Fsp3) is 0.579. The van der Waals surface area contributed by atoms with E-state index in [1.807, 2.05) is 13.8 Å². The van der Waals surface area contributed by atoms with E-state index in [2.05, 4.69) is 19.2 Å². The Bertz CT molecular complexity index is 601. The van der Waals surface area contributed by atoms with E-state index in [4.69, 9.17) is 23.2 Å². The molecule has 0 atom stereocenters. The highest BCUT2D eigenvalue weighted by Crippen LogP contribution is 2.31. The summed E-state index contributed by atoms with van der Waals surface area (Å²) in [7, 11) is 0. The first-order valence-corrected chi connectivity index (χ1v) is 9.71. The van der Waals surface area contributed by atoms with Gasteiger partial charge in [-0.05, 0) is 31.4 Å². The molecule has 25 heavy (non-hydrogen) atoms. The van der Waals surface area contributed by atoms with E-state index in [-0.39, 0.29) is 16.8 Å². The minimum atomic E-state index is -0.163. The monoisotopic (exact) mass is 386 g/mol. The molecule has 6 heteroatoms. The van der Waals surface area contributed by atoms with Gasteiger partial charge >= 0.3 is 0 Å². The van der Waals surface area contributed by atoms with Gasteiger partial charge in [0.05, 0.1) is 16.3 Å². The Morgan fingerprint density at radius 2 is 1.76 bits per heavy atom.